The van der Waals surface area contributed by atoms with Crippen LogP contribution in [0.5, 0.6) is 5.88 Å². The van der Waals surface area contributed by atoms with E-state index in [0.29, 0.717) is 30.2 Å². The minimum absolute atomic E-state index is 0.0575. The number of carbonyl (C=O) groups is 1. The van der Waals surface area contributed by atoms with Crippen molar-refractivity contribution in [2.75, 3.05) is 26.8 Å². The van der Waals surface area contributed by atoms with Crippen LogP contribution >= 0.6 is 0 Å². The SMILES string of the molecule is COc1cnc(C(=O)Cc2ccc([C@H]3CNCCO3)c(F)c2)cn1. The Bertz CT molecular complexity index is 716. The first-order valence-electron chi connectivity index (χ1n) is 7.67. The summed E-state index contributed by atoms with van der Waals surface area (Å²) in [6.07, 6.45) is 2.50. The zero-order valence-corrected chi connectivity index (χ0v) is 13.3. The molecule has 3 rings (SSSR count). The van der Waals surface area contributed by atoms with E-state index in [1.165, 1.54) is 25.6 Å². The molecule has 1 aromatic carbocycles. The Morgan fingerprint density at radius 3 is 2.92 bits per heavy atom. The maximum Gasteiger partial charge on any atom is 0.232 e. The third kappa shape index (κ3) is 3.74. The van der Waals surface area contributed by atoms with E-state index in [1.54, 1.807) is 12.1 Å². The average molecular weight is 331 g/mol. The summed E-state index contributed by atoms with van der Waals surface area (Å²) < 4.78 is 24.8. The van der Waals surface area contributed by atoms with E-state index in [-0.39, 0.29) is 29.8 Å². The Hall–Kier alpha value is -2.38. The zero-order valence-electron chi connectivity index (χ0n) is 13.3. The predicted molar refractivity (Wildman–Crippen MR) is 84.6 cm³/mol. The van der Waals surface area contributed by atoms with E-state index in [2.05, 4.69) is 15.3 Å². The van der Waals surface area contributed by atoms with Gasteiger partial charge in [-0.25, -0.2) is 14.4 Å². The Labute approximate surface area is 139 Å². The summed E-state index contributed by atoms with van der Waals surface area (Å²) >= 11 is 0. The highest BCUT2D eigenvalue weighted by Crippen LogP contribution is 2.23. The summed E-state index contributed by atoms with van der Waals surface area (Å²) in [4.78, 5) is 20.2. The second kappa shape index (κ2) is 7.46. The zero-order chi connectivity index (χ0) is 16.9. The van der Waals surface area contributed by atoms with Crippen LogP contribution in [-0.2, 0) is 11.2 Å². The van der Waals surface area contributed by atoms with Crippen LogP contribution in [0.2, 0.25) is 0 Å². The average Bonchev–Trinajstić information content (AvgIpc) is 2.62. The number of aromatic nitrogens is 2. The fourth-order valence-corrected chi connectivity index (χ4v) is 2.55. The number of rotatable bonds is 5. The maximum atomic E-state index is 14.3. The van der Waals surface area contributed by atoms with Gasteiger partial charge in [0, 0.05) is 25.1 Å². The third-order valence-corrected chi connectivity index (χ3v) is 3.83. The Morgan fingerprint density at radius 1 is 1.42 bits per heavy atom. The van der Waals surface area contributed by atoms with Crippen LogP contribution in [0.15, 0.2) is 30.6 Å². The van der Waals surface area contributed by atoms with Crippen molar-refractivity contribution in [3.63, 3.8) is 0 Å². The van der Waals surface area contributed by atoms with Crippen LogP contribution in [0.25, 0.3) is 0 Å². The first-order valence-corrected chi connectivity index (χ1v) is 7.67. The molecule has 1 saturated heterocycles. The molecule has 24 heavy (non-hydrogen) atoms. The molecular formula is C17H18FN3O3. The number of nitrogens with zero attached hydrogens (tertiary/aromatic N) is 2. The number of nitrogens with one attached hydrogen (secondary N) is 1. The van der Waals surface area contributed by atoms with Crippen molar-refractivity contribution in [3.05, 3.63) is 53.2 Å². The molecule has 1 aromatic heterocycles. The monoisotopic (exact) mass is 331 g/mol. The van der Waals surface area contributed by atoms with E-state index in [1.807, 2.05) is 0 Å². The summed E-state index contributed by atoms with van der Waals surface area (Å²) in [5.41, 5.74) is 1.31. The number of carbonyl (C=O) groups excluding carboxylic acids is 1. The Kier molecular flexibility index (Phi) is 5.12. The summed E-state index contributed by atoms with van der Waals surface area (Å²) in [5.74, 6) is -0.259. The number of ether oxygens (including phenoxy) is 2. The van der Waals surface area contributed by atoms with Crippen LogP contribution in [0.3, 0.4) is 0 Å². The molecule has 7 heteroatoms. The van der Waals surface area contributed by atoms with Gasteiger partial charge in [-0.3, -0.25) is 4.79 Å². The molecule has 126 valence electrons. The van der Waals surface area contributed by atoms with E-state index in [9.17, 15) is 9.18 Å². The van der Waals surface area contributed by atoms with E-state index in [4.69, 9.17) is 9.47 Å². The van der Waals surface area contributed by atoms with E-state index in [0.717, 1.165) is 6.54 Å². The standard InChI is InChI=1S/C17H18FN3O3/c1-23-17-10-20-14(8-21-17)15(22)7-11-2-3-12(13(18)6-11)16-9-19-4-5-24-16/h2-3,6,8,10,16,19H,4-5,7,9H2,1H3/t16-/m1/s1. The van der Waals surface area contributed by atoms with Crippen molar-refractivity contribution in [3.8, 4) is 5.88 Å². The van der Waals surface area contributed by atoms with Crippen LogP contribution in [0.1, 0.15) is 27.7 Å². The molecule has 2 heterocycles. The highest BCUT2D eigenvalue weighted by Gasteiger charge is 2.20. The Morgan fingerprint density at radius 2 is 2.29 bits per heavy atom. The number of hydrogen-bond donors (Lipinski definition) is 1. The molecule has 2 aromatic rings. The topological polar surface area (TPSA) is 73.3 Å². The fraction of sp³-hybridized carbons (Fsp3) is 0.353. The van der Waals surface area contributed by atoms with Gasteiger partial charge >= 0.3 is 0 Å². The van der Waals surface area contributed by atoms with Gasteiger partial charge in [0.2, 0.25) is 5.88 Å². The second-order valence-electron chi connectivity index (χ2n) is 5.46. The molecule has 1 atom stereocenters. The second-order valence-corrected chi connectivity index (χ2v) is 5.46. The first kappa shape index (κ1) is 16.5. The highest BCUT2D eigenvalue weighted by atomic mass is 19.1. The largest absolute Gasteiger partial charge is 0.480 e. The quantitative estimate of drug-likeness (QED) is 0.841. The lowest BCUT2D eigenvalue weighted by Crippen LogP contribution is -2.33. The fourth-order valence-electron chi connectivity index (χ4n) is 2.55. The van der Waals surface area contributed by atoms with E-state index < -0.39 is 0 Å². The van der Waals surface area contributed by atoms with E-state index >= 15 is 0 Å². The summed E-state index contributed by atoms with van der Waals surface area (Å²) in [6, 6.07) is 4.79. The molecule has 1 aliphatic heterocycles. The summed E-state index contributed by atoms with van der Waals surface area (Å²) in [7, 11) is 1.47. The molecule has 6 nitrogen and oxygen atoms in total. The molecule has 0 aliphatic carbocycles. The van der Waals surface area contributed by atoms with Crippen LogP contribution in [0.4, 0.5) is 4.39 Å². The molecule has 1 aliphatic rings. The minimum atomic E-state index is -0.366. The molecule has 0 saturated carbocycles. The van der Waals surface area contributed by atoms with Crippen molar-refractivity contribution in [2.24, 2.45) is 0 Å². The van der Waals surface area contributed by atoms with Crippen molar-refractivity contribution in [2.45, 2.75) is 12.5 Å². The molecule has 0 amide bonds. The van der Waals surface area contributed by atoms with Gasteiger partial charge < -0.3 is 14.8 Å². The van der Waals surface area contributed by atoms with Crippen molar-refractivity contribution in [1.82, 2.24) is 15.3 Å². The minimum Gasteiger partial charge on any atom is -0.480 e. The summed E-state index contributed by atoms with van der Waals surface area (Å²) in [5, 5.41) is 3.17. The lowest BCUT2D eigenvalue weighted by molar-refractivity contribution is 0.0255. The van der Waals surface area contributed by atoms with Crippen molar-refractivity contribution < 1.29 is 18.7 Å². The first-order chi connectivity index (χ1) is 11.7. The maximum absolute atomic E-state index is 14.3. The number of Topliss-reactive ketones (excluding diaryl/α,β-unsaturated/α-hetero) is 1. The molecule has 1 N–H and O–H groups in total. The van der Waals surface area contributed by atoms with Gasteiger partial charge in [0.05, 0.1) is 32.2 Å². The van der Waals surface area contributed by atoms with Crippen molar-refractivity contribution >= 4 is 5.78 Å². The van der Waals surface area contributed by atoms with Gasteiger partial charge in [0.15, 0.2) is 5.78 Å². The van der Waals surface area contributed by atoms with Gasteiger partial charge in [-0.1, -0.05) is 12.1 Å². The number of benzene rings is 1. The lowest BCUT2D eigenvalue weighted by Gasteiger charge is -2.24. The molecule has 0 spiro atoms. The van der Waals surface area contributed by atoms with Gasteiger partial charge in [-0.15, -0.1) is 0 Å². The predicted octanol–water partition coefficient (Wildman–Crippen LogP) is 1.71. The van der Waals surface area contributed by atoms with Gasteiger partial charge in [-0.2, -0.15) is 0 Å². The molecule has 0 radical (unpaired) electrons. The Balaban J connectivity index is 1.70. The molecular weight excluding hydrogens is 313 g/mol. The van der Waals surface area contributed by atoms with Crippen LogP contribution in [0, 0.1) is 5.82 Å². The van der Waals surface area contributed by atoms with Gasteiger partial charge in [0.25, 0.3) is 0 Å². The van der Waals surface area contributed by atoms with Crippen LogP contribution in [-0.4, -0.2) is 42.6 Å². The third-order valence-electron chi connectivity index (χ3n) is 3.83. The highest BCUT2D eigenvalue weighted by molar-refractivity contribution is 5.95. The normalized spacial score (nSPS) is 17.5. The molecule has 0 bridgehead atoms. The van der Waals surface area contributed by atoms with Crippen LogP contribution < -0.4 is 10.1 Å². The number of ketones is 1. The molecule has 0 unspecified atom stereocenters. The number of hydrogen-bond acceptors (Lipinski definition) is 6. The lowest BCUT2D eigenvalue weighted by atomic mass is 10.0. The van der Waals surface area contributed by atoms with Crippen molar-refractivity contribution in [1.29, 1.82) is 0 Å². The number of morpholine rings is 1. The number of halogens is 1. The van der Waals surface area contributed by atoms with Gasteiger partial charge in [0.1, 0.15) is 11.5 Å². The van der Waals surface area contributed by atoms with Gasteiger partial charge in [-0.05, 0) is 11.6 Å². The summed E-state index contributed by atoms with van der Waals surface area (Å²) in [6.45, 7) is 1.91. The number of methoxy groups -OCH3 is 1. The smallest absolute Gasteiger partial charge is 0.232 e. The molecule has 1 fully saturated rings.